The second-order valence-corrected chi connectivity index (χ2v) is 40.7. The summed E-state index contributed by atoms with van der Waals surface area (Å²) in [4.78, 5) is 71.2. The van der Waals surface area contributed by atoms with E-state index in [1.54, 1.807) is 77.4 Å². The highest BCUT2D eigenvalue weighted by Crippen LogP contribution is 2.63. The van der Waals surface area contributed by atoms with Gasteiger partial charge in [-0.2, -0.15) is 11.8 Å². The summed E-state index contributed by atoms with van der Waals surface area (Å²) in [7, 11) is 7.76. The molecular weight excluding hydrogens is 1360 g/mol. The zero-order valence-corrected chi connectivity index (χ0v) is 60.7. The molecule has 1 atom stereocenters. The van der Waals surface area contributed by atoms with Gasteiger partial charge in [-0.15, -0.1) is 0 Å². The van der Waals surface area contributed by atoms with Gasteiger partial charge in [0.05, 0.1) is 68.0 Å². The van der Waals surface area contributed by atoms with Crippen LogP contribution in [-0.2, 0) is 125 Å². The van der Waals surface area contributed by atoms with Gasteiger partial charge >= 0.3 is 26.5 Å². The van der Waals surface area contributed by atoms with Crippen LogP contribution in [0.3, 0.4) is 0 Å². The Bertz CT molecular complexity index is 2550. The molecule has 0 aliphatic carbocycles. The summed E-state index contributed by atoms with van der Waals surface area (Å²) in [5.41, 5.74) is -6.30. The Hall–Kier alpha value is -1.44. The van der Waals surface area contributed by atoms with Crippen molar-refractivity contribution in [1.82, 2.24) is 9.80 Å². The van der Waals surface area contributed by atoms with Gasteiger partial charge in [0.25, 0.3) is 17.5 Å². The van der Waals surface area contributed by atoms with Crippen LogP contribution in [0.4, 0.5) is 5.69 Å². The third-order valence-corrected chi connectivity index (χ3v) is 31.4. The van der Waals surface area contributed by atoms with Gasteiger partial charge in [0, 0.05) is 91.9 Å². The molecule has 38 heteroatoms. The van der Waals surface area contributed by atoms with Crippen molar-refractivity contribution >= 4 is 160 Å². The lowest BCUT2D eigenvalue weighted by atomic mass is 10.1. The van der Waals surface area contributed by atoms with Gasteiger partial charge in [-0.05, 0) is 125 Å². The number of fused-ring (bicyclic) bond motifs is 1. The van der Waals surface area contributed by atoms with Crippen molar-refractivity contribution in [2.75, 3.05) is 113 Å². The number of phosphoric acid groups is 1. The number of carbonyl (C=O) groups is 5. The number of ether oxygens (including phenoxy) is 2. The molecule has 0 saturated carbocycles. The van der Waals surface area contributed by atoms with Crippen molar-refractivity contribution in [2.24, 2.45) is 0 Å². The van der Waals surface area contributed by atoms with E-state index in [0.29, 0.717) is 43.3 Å². The maximum atomic E-state index is 12.1. The largest absolute Gasteiger partial charge is 0.529 e. The van der Waals surface area contributed by atoms with Crippen molar-refractivity contribution < 1.29 is 97.2 Å². The van der Waals surface area contributed by atoms with Crippen LogP contribution in [0.25, 0.3) is 0 Å². The molecular formula is C46H78N3O22P5S8. The number of thioether (sulfide) groups is 1. The maximum absolute atomic E-state index is 12.1. The van der Waals surface area contributed by atoms with Gasteiger partial charge in [0.1, 0.15) is 16.8 Å². The van der Waals surface area contributed by atoms with Crippen LogP contribution >= 0.6 is 77.5 Å². The molecule has 2 aromatic rings. The Morgan fingerprint density at radius 2 is 1.15 bits per heavy atom. The molecule has 25 nitrogen and oxygen atoms in total. The van der Waals surface area contributed by atoms with Gasteiger partial charge in [-0.1, -0.05) is 41.8 Å². The molecule has 1 aliphatic heterocycles. The lowest BCUT2D eigenvalue weighted by molar-refractivity contribution is -0.384. The first-order valence-corrected chi connectivity index (χ1v) is 42.5. The number of hydrogen-bond donors (Lipinski definition) is 0. The van der Waals surface area contributed by atoms with Crippen LogP contribution in [0.15, 0.2) is 60.4 Å². The van der Waals surface area contributed by atoms with E-state index in [1.165, 1.54) is 84.8 Å². The quantitative estimate of drug-likeness (QED) is 0.00724. The molecule has 3 amide bonds. The van der Waals surface area contributed by atoms with Gasteiger partial charge in [-0.25, -0.2) is 4.57 Å². The highest BCUT2D eigenvalue weighted by Gasteiger charge is 2.37. The smallest absolute Gasteiger partial charge is 0.466 e. The van der Waals surface area contributed by atoms with E-state index in [9.17, 15) is 38.7 Å². The predicted molar refractivity (Wildman–Crippen MR) is 350 cm³/mol. The molecule has 1 aliphatic rings. The number of imide groups is 1. The van der Waals surface area contributed by atoms with Crippen LogP contribution in [0.1, 0.15) is 82.5 Å². The van der Waals surface area contributed by atoms with Crippen molar-refractivity contribution in [1.29, 1.82) is 0 Å². The number of carbonyl (C=O) groups excluding carboxylic acids is 5. The summed E-state index contributed by atoms with van der Waals surface area (Å²) < 4.78 is 82.6. The molecule has 0 spiro atoms. The average molecular weight is 1440 g/mol. The number of amides is 3. The van der Waals surface area contributed by atoms with Gasteiger partial charge < -0.3 is 50.6 Å². The highest BCUT2D eigenvalue weighted by molar-refractivity contribution is 8.69. The fourth-order valence-corrected chi connectivity index (χ4v) is 21.6. The predicted octanol–water partition coefficient (Wildman–Crippen LogP) is 13.0. The SMILES string of the molecule is CCOC(=O)CC(SP(=S)(OC)OC)C(=O)OCC.CCOP(=S)(OCC)Oc1ccc([N+](=O)[O-])cc1.CCOP(=S)(OCC)SCSCC.COP(=O)(OC)O/C(C)=C/C(=O)N(C)C.COP(=S)(OC)SCN1C(=O)c2ccccc2C1=O. The number of esters is 2. The average Bonchev–Trinajstić information content (AvgIpc) is 3.83. The first kappa shape index (κ1) is 84.6. The van der Waals surface area contributed by atoms with Crippen LogP contribution in [0.2, 0.25) is 0 Å². The standard InChI is InChI=1S/C11H12NO4PS2.C10H14NO5PS.C10H19O6PS2.C8H16NO5P.C7H17O2PS3/c1-15-17(18,16-2)19-7-12-10(13)8-5-3-4-6-9(8)11(12)14;1-3-14-17(18,15-4-2)16-10-7-5-9(6-8-10)11(12)13;1-5-15-9(11)7-8(10(12)16-6-2)19-17(18,13-3)14-4;1-7(6-8(10)9(2)3)14-15(11,12-4)13-5;1-4-8-10(11,9-5-2)13-7-12-6-3/h3-6H,7H2,1-2H3;5-8H,3-4H2,1-2H3;8H,5-7H2,1-4H3;6H,1-5H3;4-7H2,1-3H3/b;;;7-6+;. The number of allylic oxidation sites excluding steroid dienone is 1. The van der Waals surface area contributed by atoms with Gasteiger partial charge in [0.2, 0.25) is 23.0 Å². The third kappa shape index (κ3) is 33.9. The number of likely N-dealkylation sites (N-methyl/N-ethyl adjacent to an activating group) is 1. The first-order valence-electron chi connectivity index (χ1n) is 24.8. The number of nitro groups is 1. The third-order valence-electron chi connectivity index (χ3n) is 8.96. The van der Waals surface area contributed by atoms with E-state index in [0.717, 1.165) is 38.5 Å². The van der Waals surface area contributed by atoms with E-state index in [-0.39, 0.29) is 54.7 Å². The topological polar surface area (TPSA) is 281 Å². The number of rotatable bonds is 34. The van der Waals surface area contributed by atoms with Crippen LogP contribution in [-0.4, -0.2) is 163 Å². The zero-order chi connectivity index (χ0) is 64.7. The molecule has 84 heavy (non-hydrogen) atoms. The second-order valence-electron chi connectivity index (χ2n) is 14.9. The Labute approximate surface area is 530 Å². The van der Waals surface area contributed by atoms with E-state index in [4.69, 9.17) is 102 Å². The first-order chi connectivity index (χ1) is 39.5. The Balaban J connectivity index is 0. The van der Waals surface area contributed by atoms with Gasteiger partial charge in [0.15, 0.2) is 0 Å². The van der Waals surface area contributed by atoms with Crippen molar-refractivity contribution in [3.63, 3.8) is 0 Å². The summed E-state index contributed by atoms with van der Waals surface area (Å²) in [5, 5.41) is 10.7. The van der Waals surface area contributed by atoms with Crippen LogP contribution in [0, 0.1) is 10.1 Å². The molecule has 1 heterocycles. The lowest BCUT2D eigenvalue weighted by Gasteiger charge is -2.21. The van der Waals surface area contributed by atoms with Gasteiger partial charge in [-0.3, -0.25) is 57.1 Å². The molecule has 0 saturated heterocycles. The summed E-state index contributed by atoms with van der Waals surface area (Å²) in [6, 6.07) is 12.4. The van der Waals surface area contributed by atoms with E-state index < -0.39 is 53.7 Å². The second kappa shape index (κ2) is 45.8. The fourth-order valence-electron chi connectivity index (χ4n) is 5.18. The minimum Gasteiger partial charge on any atom is -0.466 e. The lowest BCUT2D eigenvalue weighted by Crippen LogP contribution is -2.29. The molecule has 0 aromatic heterocycles. The fraction of sp³-hybridized carbons (Fsp3) is 0.587. The Morgan fingerprint density at radius 1 is 0.679 bits per heavy atom. The number of non-ortho nitro benzene ring substituents is 1. The number of benzene rings is 2. The van der Waals surface area contributed by atoms with Crippen molar-refractivity contribution in [3.05, 3.63) is 81.6 Å². The molecule has 1 unspecified atom stereocenters. The number of nitro benzene ring substituents is 1. The summed E-state index contributed by atoms with van der Waals surface area (Å²) in [6.07, 6.45) is 1.08. The molecule has 2 aromatic carbocycles. The van der Waals surface area contributed by atoms with Crippen LogP contribution in [0.5, 0.6) is 5.75 Å². The highest BCUT2D eigenvalue weighted by atomic mass is 32.9. The molecule has 0 radical (unpaired) electrons. The number of hydrogen-bond acceptors (Lipinski definition) is 30. The van der Waals surface area contributed by atoms with E-state index in [2.05, 4.69) is 16.0 Å². The normalized spacial score (nSPS) is 12.8. The molecule has 0 fully saturated rings. The summed E-state index contributed by atoms with van der Waals surface area (Å²) in [5.74, 6) is -0.0847. The summed E-state index contributed by atoms with van der Waals surface area (Å²) >= 11 is 26.5. The van der Waals surface area contributed by atoms with E-state index >= 15 is 0 Å². The minimum atomic E-state index is -3.56. The van der Waals surface area contributed by atoms with Crippen molar-refractivity contribution in [2.45, 2.75) is 67.1 Å². The van der Waals surface area contributed by atoms with Crippen molar-refractivity contribution in [3.8, 4) is 5.75 Å². The molecule has 3 rings (SSSR count). The Morgan fingerprint density at radius 3 is 1.55 bits per heavy atom. The maximum Gasteiger partial charge on any atom is 0.529 e. The molecule has 482 valence electrons. The monoisotopic (exact) mass is 1440 g/mol. The Kier molecular flexibility index (Phi) is 46.1. The zero-order valence-electron chi connectivity index (χ0n) is 49.7. The number of nitrogens with zero attached hydrogens (tertiary/aromatic N) is 3. The summed E-state index contributed by atoms with van der Waals surface area (Å²) in [6.45, 7) is 14.2. The minimum absolute atomic E-state index is 0.0107. The number of phosphoric ester groups is 1. The van der Waals surface area contributed by atoms with Crippen LogP contribution < -0.4 is 4.52 Å². The molecule has 0 N–H and O–H groups in total. The molecule has 0 bridgehead atoms. The van der Waals surface area contributed by atoms with E-state index in [1.807, 2.05) is 25.6 Å².